The van der Waals surface area contributed by atoms with Crippen LogP contribution in [-0.4, -0.2) is 40.1 Å². The van der Waals surface area contributed by atoms with Crippen molar-refractivity contribution in [2.24, 2.45) is 0 Å². The number of rotatable bonds is 8. The Morgan fingerprint density at radius 1 is 1.12 bits per heavy atom. The van der Waals surface area contributed by atoms with Crippen LogP contribution in [0.4, 0.5) is 11.6 Å². The van der Waals surface area contributed by atoms with Gasteiger partial charge in [0.2, 0.25) is 0 Å². The molecule has 0 aliphatic heterocycles. The van der Waals surface area contributed by atoms with E-state index in [-0.39, 0.29) is 0 Å². The summed E-state index contributed by atoms with van der Waals surface area (Å²) in [7, 11) is 1.64. The Kier molecular flexibility index (Phi) is 8.41. The summed E-state index contributed by atoms with van der Waals surface area (Å²) in [5, 5.41) is 21.1. The van der Waals surface area contributed by atoms with Gasteiger partial charge in [-0.2, -0.15) is 9.61 Å². The van der Waals surface area contributed by atoms with Crippen molar-refractivity contribution >= 4 is 33.2 Å². The second kappa shape index (κ2) is 11.4. The Morgan fingerprint density at radius 2 is 1.91 bits per heavy atom. The normalized spacial score (nSPS) is 10.5. The first-order valence-electron chi connectivity index (χ1n) is 10.5. The molecule has 3 N–H and O–H groups in total. The number of pyridine rings is 1. The molecule has 0 bridgehead atoms. The number of fused-ring (bicyclic) bond motifs is 1. The second-order valence-electron chi connectivity index (χ2n) is 6.66. The first kappa shape index (κ1) is 23.5. The number of halogens is 1. The predicted molar refractivity (Wildman–Crippen MR) is 129 cm³/mol. The number of hydrogen-bond donors (Lipinski definition) is 3. The average Bonchev–Trinajstić information content (AvgIpc) is 3.21. The van der Waals surface area contributed by atoms with Gasteiger partial charge < -0.3 is 15.3 Å². The maximum absolute atomic E-state index is 10.2. The molecule has 0 saturated carbocycles. The molecule has 32 heavy (non-hydrogen) atoms. The number of nitrogens with one attached hydrogen (secondary N) is 2. The van der Waals surface area contributed by atoms with Crippen molar-refractivity contribution in [3.05, 3.63) is 71.0 Å². The number of anilines is 2. The number of aromatic nitrogens is 4. The summed E-state index contributed by atoms with van der Waals surface area (Å²) in [6, 6.07) is 15.8. The highest BCUT2D eigenvalue weighted by atomic mass is 79.9. The molecular formula is C23H28BrN6O2+. The third-order valence-electron chi connectivity index (χ3n) is 4.57. The molecule has 0 fully saturated rings. The summed E-state index contributed by atoms with van der Waals surface area (Å²) in [5.41, 5.74) is 3.51. The average molecular weight is 500 g/mol. The molecular weight excluding hydrogens is 472 g/mol. The van der Waals surface area contributed by atoms with E-state index in [1.807, 2.05) is 62.4 Å². The molecule has 0 unspecified atom stereocenters. The summed E-state index contributed by atoms with van der Waals surface area (Å²) < 4.78 is 8.67. The fraction of sp³-hybridized carbons (Fsp3) is 0.261. The summed E-state index contributed by atoms with van der Waals surface area (Å²) in [6.07, 6.45) is 3.39. The third-order valence-corrected chi connectivity index (χ3v) is 5.13. The van der Waals surface area contributed by atoms with Gasteiger partial charge in [-0.15, -0.1) is 0 Å². The van der Waals surface area contributed by atoms with Crippen molar-refractivity contribution in [1.82, 2.24) is 14.6 Å². The largest absolute Gasteiger partial charge is 0.381 e. The molecule has 0 amide bonds. The van der Waals surface area contributed by atoms with Gasteiger partial charge in [0.1, 0.15) is 18.6 Å². The number of nitrogens with zero attached hydrogens (tertiary/aromatic N) is 4. The summed E-state index contributed by atoms with van der Waals surface area (Å²) >= 11 is 3.52. The van der Waals surface area contributed by atoms with Crippen molar-refractivity contribution < 1.29 is 14.7 Å². The van der Waals surface area contributed by atoms with Crippen LogP contribution in [-0.2, 0) is 11.3 Å². The monoisotopic (exact) mass is 499 g/mol. The highest BCUT2D eigenvalue weighted by Crippen LogP contribution is 2.26. The van der Waals surface area contributed by atoms with Gasteiger partial charge in [-0.1, -0.05) is 48.9 Å². The Labute approximate surface area is 196 Å². The quantitative estimate of drug-likeness (QED) is 0.189. The molecule has 0 saturated heterocycles. The molecule has 3 aromatic heterocycles. The SMILES string of the molecule is CC.COCCNc1ccc(CNc2cc(-c3ccccc3)nc3c(Br)cnn23)c[n+]1O. The number of hydrogen-bond acceptors (Lipinski definition) is 6. The molecule has 0 atom stereocenters. The van der Waals surface area contributed by atoms with Crippen LogP contribution in [0.25, 0.3) is 16.9 Å². The standard InChI is InChI=1S/C21H21BrN6O2.C2H6/c1-30-10-9-23-19-8-7-15(14-27(19)29)12-24-20-11-18(16-5-3-2-4-6-16)26-21-17(22)13-25-28(20)21;1-2/h2-8,11,13-14,29H,9-10,12H2,1H3,(H,24,25,26);1-2H3/p+1. The number of ether oxygens (including phenoxy) is 1. The zero-order valence-corrected chi connectivity index (χ0v) is 20.0. The van der Waals surface area contributed by atoms with Gasteiger partial charge in [0.05, 0.1) is 23.0 Å². The highest BCUT2D eigenvalue weighted by Gasteiger charge is 2.13. The number of benzene rings is 1. The van der Waals surface area contributed by atoms with Crippen molar-refractivity contribution in [2.45, 2.75) is 20.4 Å². The third kappa shape index (κ3) is 5.54. The van der Waals surface area contributed by atoms with E-state index in [0.29, 0.717) is 25.5 Å². The van der Waals surface area contributed by atoms with Gasteiger partial charge in [-0.3, -0.25) is 5.32 Å². The molecule has 4 aromatic rings. The Balaban J connectivity index is 0.00000141. The van der Waals surface area contributed by atoms with E-state index in [2.05, 4.69) is 31.7 Å². The van der Waals surface area contributed by atoms with E-state index >= 15 is 0 Å². The van der Waals surface area contributed by atoms with Gasteiger partial charge in [0, 0.05) is 36.9 Å². The first-order valence-corrected chi connectivity index (χ1v) is 11.3. The van der Waals surface area contributed by atoms with Crippen molar-refractivity contribution in [3.63, 3.8) is 0 Å². The lowest BCUT2D eigenvalue weighted by Gasteiger charge is -2.11. The van der Waals surface area contributed by atoms with Crippen LogP contribution in [0, 0.1) is 0 Å². The summed E-state index contributed by atoms with van der Waals surface area (Å²) in [4.78, 5) is 4.73. The van der Waals surface area contributed by atoms with Gasteiger partial charge in [0.25, 0.3) is 0 Å². The van der Waals surface area contributed by atoms with Gasteiger partial charge in [-0.25, -0.2) is 4.98 Å². The molecule has 168 valence electrons. The molecule has 1 aromatic carbocycles. The lowest BCUT2D eigenvalue weighted by Crippen LogP contribution is -2.35. The lowest BCUT2D eigenvalue weighted by molar-refractivity contribution is -0.893. The van der Waals surface area contributed by atoms with Crippen LogP contribution >= 0.6 is 15.9 Å². The molecule has 3 heterocycles. The minimum absolute atomic E-state index is 0.504. The minimum atomic E-state index is 0.504. The van der Waals surface area contributed by atoms with Crippen LogP contribution in [0.5, 0.6) is 0 Å². The Morgan fingerprint density at radius 3 is 2.62 bits per heavy atom. The van der Waals surface area contributed by atoms with Gasteiger partial charge in [0.15, 0.2) is 5.65 Å². The van der Waals surface area contributed by atoms with E-state index in [1.165, 1.54) is 0 Å². The fourth-order valence-corrected chi connectivity index (χ4v) is 3.42. The maximum Gasteiger partial charge on any atom is 0.313 e. The molecule has 0 radical (unpaired) electrons. The zero-order chi connectivity index (χ0) is 22.9. The Bertz CT molecular complexity index is 1150. The highest BCUT2D eigenvalue weighted by molar-refractivity contribution is 9.10. The van der Waals surface area contributed by atoms with Crippen LogP contribution in [0.2, 0.25) is 0 Å². The second-order valence-corrected chi connectivity index (χ2v) is 7.52. The van der Waals surface area contributed by atoms with Crippen molar-refractivity contribution in [1.29, 1.82) is 0 Å². The molecule has 0 aliphatic rings. The molecule has 8 nitrogen and oxygen atoms in total. The fourth-order valence-electron chi connectivity index (χ4n) is 3.07. The van der Waals surface area contributed by atoms with E-state index in [4.69, 9.17) is 9.72 Å². The zero-order valence-electron chi connectivity index (χ0n) is 18.4. The predicted octanol–water partition coefficient (Wildman–Crippen LogP) is 4.38. The molecule has 9 heteroatoms. The van der Waals surface area contributed by atoms with E-state index < -0.39 is 0 Å². The molecule has 0 spiro atoms. The van der Waals surface area contributed by atoms with Crippen LogP contribution in [0.1, 0.15) is 19.4 Å². The number of methoxy groups -OCH3 is 1. The van der Waals surface area contributed by atoms with Crippen LogP contribution < -0.4 is 15.4 Å². The summed E-state index contributed by atoms with van der Waals surface area (Å²) in [5.74, 6) is 1.40. The van der Waals surface area contributed by atoms with E-state index in [0.717, 1.165) is 37.5 Å². The van der Waals surface area contributed by atoms with Gasteiger partial charge >= 0.3 is 5.82 Å². The lowest BCUT2D eigenvalue weighted by atomic mass is 10.1. The maximum atomic E-state index is 10.2. The molecule has 4 rings (SSSR count). The van der Waals surface area contributed by atoms with Crippen LogP contribution in [0.3, 0.4) is 0 Å². The first-order chi connectivity index (χ1) is 15.7. The minimum Gasteiger partial charge on any atom is -0.381 e. The summed E-state index contributed by atoms with van der Waals surface area (Å²) in [6.45, 7) is 5.67. The van der Waals surface area contributed by atoms with E-state index in [9.17, 15) is 5.21 Å². The van der Waals surface area contributed by atoms with Crippen molar-refractivity contribution in [3.8, 4) is 11.3 Å². The topological polar surface area (TPSA) is 87.6 Å². The van der Waals surface area contributed by atoms with Crippen molar-refractivity contribution in [2.75, 3.05) is 30.9 Å². The smallest absolute Gasteiger partial charge is 0.313 e. The van der Waals surface area contributed by atoms with Crippen LogP contribution in [0.15, 0.2) is 65.4 Å². The van der Waals surface area contributed by atoms with E-state index in [1.54, 1.807) is 24.0 Å². The van der Waals surface area contributed by atoms with Gasteiger partial charge in [-0.05, 0) is 22.0 Å². The molecule has 0 aliphatic carbocycles. The Hall–Kier alpha value is -3.17.